The Balaban J connectivity index is 0.000000810. The molecule has 1 atom stereocenters. The summed E-state index contributed by atoms with van der Waals surface area (Å²) < 4.78 is 0. The quantitative estimate of drug-likeness (QED) is 0.605. The summed E-state index contributed by atoms with van der Waals surface area (Å²) in [6.07, 6.45) is 1.24. The molecule has 0 aliphatic heterocycles. The highest BCUT2D eigenvalue weighted by Crippen LogP contribution is 2.12. The first kappa shape index (κ1) is 9.94. The van der Waals surface area contributed by atoms with Gasteiger partial charge in [-0.3, -0.25) is 0 Å². The van der Waals surface area contributed by atoms with Gasteiger partial charge in [0.15, 0.2) is 0 Å². The van der Waals surface area contributed by atoms with Crippen LogP contribution in [0, 0.1) is 0 Å². The molecule has 0 bridgehead atoms. The Kier molecular flexibility index (Phi) is 5.67. The lowest BCUT2D eigenvalue weighted by molar-refractivity contribution is 1.41. The van der Waals surface area contributed by atoms with Crippen molar-refractivity contribution in [2.45, 2.75) is 6.16 Å². The smallest absolute Gasteiger partial charge is 0.0103 e. The van der Waals surface area contributed by atoms with Crippen molar-refractivity contribution in [2.24, 2.45) is 0 Å². The first-order valence-corrected chi connectivity index (χ1v) is 4.82. The molecule has 0 aliphatic rings. The Labute approximate surface area is 70.2 Å². The molecule has 1 rings (SSSR count). The molecule has 0 amide bonds. The molecule has 2 heteroatoms. The van der Waals surface area contributed by atoms with Gasteiger partial charge in [0, 0.05) is 0 Å². The van der Waals surface area contributed by atoms with Crippen molar-refractivity contribution in [3.8, 4) is 0 Å². The molecule has 1 aromatic carbocycles. The van der Waals surface area contributed by atoms with E-state index >= 15 is 0 Å². The number of hydrogen-bond donors (Lipinski definition) is 0. The standard InChI is InChI=1S/C8H11P.ClH/c1-9-7-8-5-3-2-4-6-8;/h2-6,9H,7H2,1H3;1H. The average molecular weight is 175 g/mol. The van der Waals surface area contributed by atoms with Gasteiger partial charge in [-0.05, 0) is 18.4 Å². The van der Waals surface area contributed by atoms with Gasteiger partial charge < -0.3 is 0 Å². The molecule has 1 aromatic rings. The molecule has 0 nitrogen and oxygen atoms in total. The van der Waals surface area contributed by atoms with Crippen LogP contribution in [0.25, 0.3) is 0 Å². The molecule has 0 spiro atoms. The summed E-state index contributed by atoms with van der Waals surface area (Å²) in [5.41, 5.74) is 1.46. The van der Waals surface area contributed by atoms with E-state index in [2.05, 4.69) is 37.0 Å². The number of halogens is 1. The highest BCUT2D eigenvalue weighted by molar-refractivity contribution is 7.36. The monoisotopic (exact) mass is 174 g/mol. The van der Waals surface area contributed by atoms with Crippen LogP contribution >= 0.6 is 21.0 Å². The zero-order chi connectivity index (χ0) is 6.53. The van der Waals surface area contributed by atoms with Gasteiger partial charge in [-0.2, -0.15) is 0 Å². The third-order valence-corrected chi connectivity index (χ3v) is 1.99. The van der Waals surface area contributed by atoms with E-state index in [1.54, 1.807) is 0 Å². The van der Waals surface area contributed by atoms with Crippen LogP contribution in [0.4, 0.5) is 0 Å². The van der Waals surface area contributed by atoms with E-state index in [-0.39, 0.29) is 12.4 Å². The predicted octanol–water partition coefficient (Wildman–Crippen LogP) is 2.92. The van der Waals surface area contributed by atoms with Crippen LogP contribution in [0.3, 0.4) is 0 Å². The van der Waals surface area contributed by atoms with Crippen LogP contribution in [0.15, 0.2) is 30.3 Å². The van der Waals surface area contributed by atoms with Crippen molar-refractivity contribution >= 4 is 21.0 Å². The van der Waals surface area contributed by atoms with Crippen LogP contribution in [-0.4, -0.2) is 6.66 Å². The van der Waals surface area contributed by atoms with Crippen molar-refractivity contribution in [1.29, 1.82) is 0 Å². The molecule has 0 radical (unpaired) electrons. The van der Waals surface area contributed by atoms with Gasteiger partial charge in [0.2, 0.25) is 0 Å². The minimum Gasteiger partial charge on any atom is -0.147 e. The Hall–Kier alpha value is -0.0600. The van der Waals surface area contributed by atoms with E-state index in [1.165, 1.54) is 11.7 Å². The summed E-state index contributed by atoms with van der Waals surface area (Å²) in [7, 11) is 1.04. The van der Waals surface area contributed by atoms with E-state index in [1.807, 2.05) is 0 Å². The van der Waals surface area contributed by atoms with Crippen molar-refractivity contribution in [1.82, 2.24) is 0 Å². The summed E-state index contributed by atoms with van der Waals surface area (Å²) in [4.78, 5) is 0. The first-order valence-electron chi connectivity index (χ1n) is 3.12. The Bertz CT molecular complexity index is 162. The van der Waals surface area contributed by atoms with Gasteiger partial charge >= 0.3 is 0 Å². The molecule has 0 saturated carbocycles. The van der Waals surface area contributed by atoms with Crippen molar-refractivity contribution < 1.29 is 0 Å². The van der Waals surface area contributed by atoms with Gasteiger partial charge in [0.1, 0.15) is 0 Å². The number of rotatable bonds is 2. The molecule has 0 fully saturated rings. The fraction of sp³-hybridized carbons (Fsp3) is 0.250. The third-order valence-electron chi connectivity index (χ3n) is 1.22. The molecule has 1 unspecified atom stereocenters. The van der Waals surface area contributed by atoms with Gasteiger partial charge in [-0.25, -0.2) is 0 Å². The van der Waals surface area contributed by atoms with E-state index in [9.17, 15) is 0 Å². The van der Waals surface area contributed by atoms with E-state index in [0.717, 1.165) is 8.58 Å². The minimum atomic E-state index is 0. The van der Waals surface area contributed by atoms with Gasteiger partial charge in [-0.15, -0.1) is 21.0 Å². The lowest BCUT2D eigenvalue weighted by Gasteiger charge is -1.94. The van der Waals surface area contributed by atoms with Crippen molar-refractivity contribution in [2.75, 3.05) is 6.66 Å². The SMILES string of the molecule is CPCc1ccccc1.Cl. The van der Waals surface area contributed by atoms with E-state index < -0.39 is 0 Å². The van der Waals surface area contributed by atoms with E-state index in [0.29, 0.717) is 0 Å². The second kappa shape index (κ2) is 5.70. The van der Waals surface area contributed by atoms with Gasteiger partial charge in [-0.1, -0.05) is 30.3 Å². The average Bonchev–Trinajstić information content (AvgIpc) is 1.91. The maximum absolute atomic E-state index is 2.23. The molecule has 0 heterocycles. The fourth-order valence-corrected chi connectivity index (χ4v) is 1.44. The Morgan fingerprint density at radius 3 is 2.30 bits per heavy atom. The molecule has 10 heavy (non-hydrogen) atoms. The van der Waals surface area contributed by atoms with Crippen LogP contribution in [0.2, 0.25) is 0 Å². The number of hydrogen-bond acceptors (Lipinski definition) is 0. The van der Waals surface area contributed by atoms with Crippen LogP contribution in [0.1, 0.15) is 5.56 Å². The van der Waals surface area contributed by atoms with Crippen LogP contribution < -0.4 is 0 Å². The predicted molar refractivity (Wildman–Crippen MR) is 51.6 cm³/mol. The zero-order valence-electron chi connectivity index (χ0n) is 6.00. The molecule has 56 valence electrons. The normalized spacial score (nSPS) is 9.70. The first-order chi connectivity index (χ1) is 4.43. The van der Waals surface area contributed by atoms with E-state index in [4.69, 9.17) is 0 Å². The van der Waals surface area contributed by atoms with Gasteiger partial charge in [0.25, 0.3) is 0 Å². The topological polar surface area (TPSA) is 0 Å². The maximum atomic E-state index is 2.23. The molecule has 0 aromatic heterocycles. The fourth-order valence-electron chi connectivity index (χ4n) is 0.800. The summed E-state index contributed by atoms with van der Waals surface area (Å²) >= 11 is 0. The minimum absolute atomic E-state index is 0. The Morgan fingerprint density at radius 2 is 1.80 bits per heavy atom. The van der Waals surface area contributed by atoms with Crippen LogP contribution in [0.5, 0.6) is 0 Å². The van der Waals surface area contributed by atoms with Crippen molar-refractivity contribution in [3.05, 3.63) is 35.9 Å². The molecule has 0 aliphatic carbocycles. The maximum Gasteiger partial charge on any atom is -0.0103 e. The molecular formula is C8H12ClP. The lowest BCUT2D eigenvalue weighted by Crippen LogP contribution is -1.73. The summed E-state index contributed by atoms with van der Waals surface area (Å²) in [6, 6.07) is 10.6. The molecular weight excluding hydrogens is 163 g/mol. The third kappa shape index (κ3) is 3.20. The second-order valence-corrected chi connectivity index (χ2v) is 3.08. The highest BCUT2D eigenvalue weighted by Gasteiger charge is 1.84. The summed E-state index contributed by atoms with van der Waals surface area (Å²) in [5.74, 6) is 0. The van der Waals surface area contributed by atoms with Crippen LogP contribution in [-0.2, 0) is 6.16 Å². The largest absolute Gasteiger partial charge is 0.147 e. The lowest BCUT2D eigenvalue weighted by atomic mass is 10.2. The summed E-state index contributed by atoms with van der Waals surface area (Å²) in [6.45, 7) is 2.23. The molecule has 0 saturated heterocycles. The highest BCUT2D eigenvalue weighted by atomic mass is 35.5. The van der Waals surface area contributed by atoms with Gasteiger partial charge in [0.05, 0.1) is 0 Å². The Morgan fingerprint density at radius 1 is 1.20 bits per heavy atom. The van der Waals surface area contributed by atoms with Crippen molar-refractivity contribution in [3.63, 3.8) is 0 Å². The number of benzene rings is 1. The zero-order valence-corrected chi connectivity index (χ0v) is 7.82. The second-order valence-electron chi connectivity index (χ2n) is 2.02. The summed E-state index contributed by atoms with van der Waals surface area (Å²) in [5, 5.41) is 0. The molecule has 0 N–H and O–H groups in total.